The predicted molar refractivity (Wildman–Crippen MR) is 190 cm³/mol. The standard InChI is InChI=1S/C24H34B2O3.C12H19N2.Bi/c1-15(2)19-11-9-12-20(16(3)4)23(19)25(27)29-26(28)24-21(17(5)6)13-10-14-22(24)18(7)8;1-13(2)9-11-6-5-7-12(8-11)10-14(3)4;/h9-18H,1-8H3;5-7H,9-10H2,1-4H3;/q-2;;+2. The molecule has 0 bridgehead atoms. The maximum atomic E-state index is 7.26. The van der Waals surface area contributed by atoms with Crippen molar-refractivity contribution in [1.82, 2.24) is 9.80 Å². The Morgan fingerprint density at radius 1 is 0.545 bits per heavy atom. The van der Waals surface area contributed by atoms with Crippen molar-refractivity contribution >= 4 is 51.1 Å². The van der Waals surface area contributed by atoms with Gasteiger partial charge in [-0.25, -0.2) is 0 Å². The summed E-state index contributed by atoms with van der Waals surface area (Å²) in [6.07, 6.45) is 0. The molecule has 0 saturated carbocycles. The van der Waals surface area contributed by atoms with Crippen molar-refractivity contribution < 1.29 is 10.0 Å². The summed E-state index contributed by atoms with van der Waals surface area (Å²) in [4.78, 5) is 4.49. The van der Waals surface area contributed by atoms with Crippen LogP contribution >= 0.6 is 0 Å². The van der Waals surface area contributed by atoms with E-state index < -0.39 is 36.9 Å². The van der Waals surface area contributed by atoms with Crippen molar-refractivity contribution in [3.8, 4) is 0 Å². The molecule has 0 atom stereocenters. The van der Waals surface area contributed by atoms with E-state index in [0.29, 0.717) is 23.7 Å². The van der Waals surface area contributed by atoms with E-state index in [4.69, 9.17) is 10.0 Å². The molecule has 5 nitrogen and oxygen atoms in total. The van der Waals surface area contributed by atoms with Crippen molar-refractivity contribution in [3.05, 3.63) is 88.0 Å². The van der Waals surface area contributed by atoms with Crippen LogP contribution in [0.5, 0.6) is 0 Å². The molecule has 1 saturated heterocycles. The molecule has 1 fully saturated rings. The average molecular weight is 792 g/mol. The van der Waals surface area contributed by atoms with Crippen molar-refractivity contribution in [1.29, 1.82) is 0 Å². The van der Waals surface area contributed by atoms with E-state index in [9.17, 15) is 0 Å². The van der Waals surface area contributed by atoms with Gasteiger partial charge in [0, 0.05) is 0 Å². The van der Waals surface area contributed by atoms with Gasteiger partial charge in [-0.3, -0.25) is 0 Å². The Hall–Kier alpha value is -1.53. The SMILES string of the molecule is CC(C)c1cccc(C(C)C)c1B1OB(c2c(C(C)C)cccc2C(C)C)[O][Bi]([c]2c(CN(C)C)cccc2CN(C)C)[O]1. The molecule has 3 aromatic carbocycles. The Balaban J connectivity index is 2.00. The monoisotopic (exact) mass is 792 g/mol. The molecule has 0 unspecified atom stereocenters. The Labute approximate surface area is 277 Å². The first-order valence-corrected chi connectivity index (χ1v) is 20.8. The molecular formula is C36H53B2BiN2O3. The summed E-state index contributed by atoms with van der Waals surface area (Å²) in [5.41, 5.74) is 10.2. The summed E-state index contributed by atoms with van der Waals surface area (Å²) in [6.45, 7) is 19.8. The molecule has 1 aliphatic heterocycles. The van der Waals surface area contributed by atoms with Crippen LogP contribution in [-0.2, 0) is 23.1 Å². The van der Waals surface area contributed by atoms with Crippen molar-refractivity contribution in [2.75, 3.05) is 28.2 Å². The second kappa shape index (κ2) is 15.4. The Morgan fingerprint density at radius 3 is 1.16 bits per heavy atom. The summed E-state index contributed by atoms with van der Waals surface area (Å²) in [5, 5.41) is 0. The van der Waals surface area contributed by atoms with Crippen LogP contribution in [0.25, 0.3) is 0 Å². The van der Waals surface area contributed by atoms with Gasteiger partial charge in [-0.15, -0.1) is 0 Å². The minimum atomic E-state index is -3.42. The van der Waals surface area contributed by atoms with E-state index in [1.54, 1.807) is 0 Å². The molecule has 0 aromatic heterocycles. The van der Waals surface area contributed by atoms with Gasteiger partial charge < -0.3 is 0 Å². The number of nitrogens with zero attached hydrogens (tertiary/aromatic N) is 2. The molecule has 0 spiro atoms. The molecule has 1 aliphatic rings. The molecule has 1 heterocycles. The van der Waals surface area contributed by atoms with Crippen molar-refractivity contribution in [2.24, 2.45) is 0 Å². The van der Waals surface area contributed by atoms with Crippen LogP contribution in [0, 0.1) is 0 Å². The average Bonchev–Trinajstić information content (AvgIpc) is 2.95. The topological polar surface area (TPSA) is 34.2 Å². The predicted octanol–water partition coefficient (Wildman–Crippen LogP) is 5.85. The van der Waals surface area contributed by atoms with E-state index in [1.165, 1.54) is 47.6 Å². The first kappa shape index (κ1) is 35.3. The second-order valence-corrected chi connectivity index (χ2v) is 19.4. The quantitative estimate of drug-likeness (QED) is 0.228. The Morgan fingerprint density at radius 2 is 0.864 bits per heavy atom. The third-order valence-corrected chi connectivity index (χ3v) is 14.9. The van der Waals surface area contributed by atoms with Crippen molar-refractivity contribution in [2.45, 2.75) is 92.2 Å². The van der Waals surface area contributed by atoms with E-state index in [0.717, 1.165) is 13.1 Å². The summed E-state index contributed by atoms with van der Waals surface area (Å²) >= 11 is -3.42. The first-order chi connectivity index (χ1) is 20.8. The molecule has 3 aromatic rings. The summed E-state index contributed by atoms with van der Waals surface area (Å²) < 4.78 is 22.9. The van der Waals surface area contributed by atoms with Gasteiger partial charge in [-0.05, 0) is 0 Å². The van der Waals surface area contributed by atoms with Crippen LogP contribution in [0.2, 0.25) is 0 Å². The third kappa shape index (κ3) is 8.06. The fourth-order valence-electron chi connectivity index (χ4n) is 6.28. The van der Waals surface area contributed by atoms with Gasteiger partial charge in [0.25, 0.3) is 0 Å². The molecule has 0 aliphatic carbocycles. The van der Waals surface area contributed by atoms with E-state index in [-0.39, 0.29) is 0 Å². The second-order valence-electron chi connectivity index (χ2n) is 14.0. The van der Waals surface area contributed by atoms with Crippen LogP contribution in [0.3, 0.4) is 0 Å². The minimum absolute atomic E-state index is 0.338. The zero-order valence-corrected chi connectivity index (χ0v) is 32.6. The summed E-state index contributed by atoms with van der Waals surface area (Å²) in [7, 11) is 7.54. The normalized spacial score (nSPS) is 14.9. The van der Waals surface area contributed by atoms with Crippen LogP contribution in [-0.4, -0.2) is 74.9 Å². The zero-order chi connectivity index (χ0) is 32.3. The molecule has 0 N–H and O–H groups in total. The fourth-order valence-corrected chi connectivity index (χ4v) is 12.8. The van der Waals surface area contributed by atoms with Gasteiger partial charge in [0.05, 0.1) is 0 Å². The summed E-state index contributed by atoms with van der Waals surface area (Å²) in [5.74, 6) is 1.35. The van der Waals surface area contributed by atoms with E-state index in [1.807, 2.05) is 0 Å². The molecule has 0 radical (unpaired) electrons. The van der Waals surface area contributed by atoms with Crippen LogP contribution in [0.4, 0.5) is 0 Å². The molecule has 4 rings (SSSR count). The fraction of sp³-hybridized carbons (Fsp3) is 0.500. The zero-order valence-electron chi connectivity index (χ0n) is 29.1. The van der Waals surface area contributed by atoms with Crippen LogP contribution < -0.4 is 14.2 Å². The Bertz CT molecular complexity index is 1260. The number of benzene rings is 3. The van der Waals surface area contributed by atoms with Gasteiger partial charge in [-0.1, -0.05) is 0 Å². The van der Waals surface area contributed by atoms with Gasteiger partial charge in [-0.2, -0.15) is 0 Å². The number of rotatable bonds is 11. The molecule has 0 amide bonds. The van der Waals surface area contributed by atoms with Crippen molar-refractivity contribution in [3.63, 3.8) is 0 Å². The third-order valence-electron chi connectivity index (χ3n) is 8.30. The van der Waals surface area contributed by atoms with E-state index >= 15 is 0 Å². The molecule has 8 heteroatoms. The van der Waals surface area contributed by atoms with Gasteiger partial charge >= 0.3 is 279 Å². The first-order valence-electron chi connectivity index (χ1n) is 16.2. The van der Waals surface area contributed by atoms with Gasteiger partial charge in [0.15, 0.2) is 0 Å². The summed E-state index contributed by atoms with van der Waals surface area (Å²) in [6, 6.07) is 20.1. The van der Waals surface area contributed by atoms with E-state index in [2.05, 4.69) is 148 Å². The number of hydrogen-bond donors (Lipinski definition) is 0. The maximum absolute atomic E-state index is 7.26. The van der Waals surface area contributed by atoms with Gasteiger partial charge in [0.1, 0.15) is 0 Å². The Kier molecular flexibility index (Phi) is 12.3. The molecule has 44 heavy (non-hydrogen) atoms. The van der Waals surface area contributed by atoms with Crippen LogP contribution in [0.1, 0.15) is 112 Å². The number of hydrogen-bond acceptors (Lipinski definition) is 5. The molecule has 236 valence electrons. The van der Waals surface area contributed by atoms with Gasteiger partial charge in [0.2, 0.25) is 0 Å². The van der Waals surface area contributed by atoms with Crippen LogP contribution in [0.15, 0.2) is 54.6 Å². The molecular weight excluding hydrogens is 739 g/mol.